The van der Waals surface area contributed by atoms with Crippen LogP contribution >= 0.6 is 0 Å². The lowest BCUT2D eigenvalue weighted by molar-refractivity contribution is 0.560. The van der Waals surface area contributed by atoms with Crippen LogP contribution in [0.15, 0.2) is 54.4 Å². The van der Waals surface area contributed by atoms with Gasteiger partial charge < -0.3 is 10.6 Å². The van der Waals surface area contributed by atoms with Crippen LogP contribution in [-0.2, 0) is 5.54 Å². The molecule has 2 aromatic rings. The van der Waals surface area contributed by atoms with E-state index < -0.39 is 0 Å². The highest BCUT2D eigenvalue weighted by molar-refractivity contribution is 5.83. The lowest BCUT2D eigenvalue weighted by atomic mass is 10.00. The molecule has 0 radical (unpaired) electrons. The van der Waals surface area contributed by atoms with Gasteiger partial charge >= 0.3 is 0 Å². The van der Waals surface area contributed by atoms with Gasteiger partial charge in [0.25, 0.3) is 0 Å². The Hall–Kier alpha value is -1.96. The van der Waals surface area contributed by atoms with Crippen molar-refractivity contribution >= 4 is 10.8 Å². The Balaban J connectivity index is 1.91. The molecule has 1 saturated carbocycles. The summed E-state index contributed by atoms with van der Waals surface area (Å²) in [5, 5.41) is 9.57. The van der Waals surface area contributed by atoms with Gasteiger partial charge in [0.05, 0.1) is 11.4 Å². The highest BCUT2D eigenvalue weighted by Crippen LogP contribution is 2.46. The average Bonchev–Trinajstić information content (AvgIpc) is 3.27. The maximum Gasteiger partial charge on any atom is 0.0949 e. The molecule has 1 aliphatic rings. The van der Waals surface area contributed by atoms with Gasteiger partial charge in [0.15, 0.2) is 0 Å². The van der Waals surface area contributed by atoms with Gasteiger partial charge in [-0.1, -0.05) is 43.3 Å². The van der Waals surface area contributed by atoms with Crippen molar-refractivity contribution in [3.8, 4) is 0 Å². The molecule has 3 rings (SSSR count). The summed E-state index contributed by atoms with van der Waals surface area (Å²) in [6.07, 6.45) is 5.65. The lowest BCUT2D eigenvalue weighted by Crippen LogP contribution is -2.33. The van der Waals surface area contributed by atoms with E-state index in [0.717, 1.165) is 12.2 Å². The Morgan fingerprint density at radius 3 is 2.55 bits per heavy atom. The van der Waals surface area contributed by atoms with E-state index in [2.05, 4.69) is 66.1 Å². The van der Waals surface area contributed by atoms with Gasteiger partial charge in [-0.25, -0.2) is 0 Å². The third kappa shape index (κ3) is 2.38. The first kappa shape index (κ1) is 13.0. The zero-order chi connectivity index (χ0) is 14.0. The molecule has 1 aliphatic carbocycles. The van der Waals surface area contributed by atoms with Gasteiger partial charge in [-0.2, -0.15) is 0 Å². The molecule has 0 heterocycles. The summed E-state index contributed by atoms with van der Waals surface area (Å²) in [7, 11) is 1.98. The first-order valence-electron chi connectivity index (χ1n) is 7.43. The van der Waals surface area contributed by atoms with Crippen LogP contribution in [0.2, 0.25) is 0 Å². The maximum absolute atomic E-state index is 3.69. The fourth-order valence-corrected chi connectivity index (χ4v) is 2.78. The topological polar surface area (TPSA) is 24.1 Å². The molecule has 0 aliphatic heterocycles. The van der Waals surface area contributed by atoms with Crippen molar-refractivity contribution in [1.82, 2.24) is 10.6 Å². The summed E-state index contributed by atoms with van der Waals surface area (Å²) >= 11 is 0. The van der Waals surface area contributed by atoms with Gasteiger partial charge in [0.2, 0.25) is 0 Å². The van der Waals surface area contributed by atoms with Crippen LogP contribution in [0.25, 0.3) is 10.8 Å². The van der Waals surface area contributed by atoms with Crippen molar-refractivity contribution in [2.24, 2.45) is 0 Å². The molecule has 2 nitrogen and oxygen atoms in total. The number of hydrogen-bond donors (Lipinski definition) is 2. The average molecular weight is 266 g/mol. The van der Waals surface area contributed by atoms with E-state index in [1.165, 1.54) is 29.2 Å². The van der Waals surface area contributed by atoms with Crippen LogP contribution in [0.5, 0.6) is 0 Å². The van der Waals surface area contributed by atoms with E-state index in [9.17, 15) is 0 Å². The molecule has 1 fully saturated rings. The second-order valence-corrected chi connectivity index (χ2v) is 5.55. The molecule has 2 aromatic carbocycles. The third-order valence-corrected chi connectivity index (χ3v) is 4.10. The van der Waals surface area contributed by atoms with Crippen molar-refractivity contribution in [1.29, 1.82) is 0 Å². The normalized spacial score (nSPS) is 17.0. The van der Waals surface area contributed by atoms with E-state index in [4.69, 9.17) is 0 Å². The highest BCUT2D eigenvalue weighted by atomic mass is 15.1. The SMILES string of the molecule is CC/C=C(/NC)NC1(c2ccc3ccccc3c2)CC1. The second kappa shape index (κ2) is 5.20. The molecule has 0 aromatic heterocycles. The standard InChI is InChI=1S/C18H22N2/c1-3-6-17(19-2)20-18(11-12-18)16-10-9-14-7-4-5-8-15(14)13-16/h4-10,13,19-20H,3,11-12H2,1-2H3/b17-6-. The van der Waals surface area contributed by atoms with Crippen molar-refractivity contribution in [2.75, 3.05) is 7.05 Å². The molecular formula is C18H22N2. The molecule has 0 saturated heterocycles. The van der Waals surface area contributed by atoms with E-state index in [1.807, 2.05) is 7.05 Å². The lowest BCUT2D eigenvalue weighted by Gasteiger charge is -2.22. The van der Waals surface area contributed by atoms with Crippen molar-refractivity contribution in [3.05, 3.63) is 59.9 Å². The largest absolute Gasteiger partial charge is 0.375 e. The molecule has 0 amide bonds. The number of nitrogens with one attached hydrogen (secondary N) is 2. The minimum absolute atomic E-state index is 0.133. The van der Waals surface area contributed by atoms with Crippen LogP contribution in [0.3, 0.4) is 0 Å². The zero-order valence-corrected chi connectivity index (χ0v) is 12.2. The maximum atomic E-state index is 3.69. The summed E-state index contributed by atoms with van der Waals surface area (Å²) in [6, 6.07) is 15.4. The smallest absolute Gasteiger partial charge is 0.0949 e. The molecule has 104 valence electrons. The Labute approximate surface area is 120 Å². The fraction of sp³-hybridized carbons (Fsp3) is 0.333. The molecule has 2 heteroatoms. The summed E-state index contributed by atoms with van der Waals surface area (Å²) < 4.78 is 0. The number of fused-ring (bicyclic) bond motifs is 1. The minimum atomic E-state index is 0.133. The predicted molar refractivity (Wildman–Crippen MR) is 85.4 cm³/mol. The summed E-state index contributed by atoms with van der Waals surface area (Å²) in [5.74, 6) is 1.14. The van der Waals surface area contributed by atoms with Crippen LogP contribution in [0.1, 0.15) is 31.7 Å². The summed E-state index contributed by atoms with van der Waals surface area (Å²) in [4.78, 5) is 0. The monoisotopic (exact) mass is 266 g/mol. The van der Waals surface area contributed by atoms with Crippen LogP contribution in [0, 0.1) is 0 Å². The second-order valence-electron chi connectivity index (χ2n) is 5.55. The van der Waals surface area contributed by atoms with Crippen molar-refractivity contribution in [3.63, 3.8) is 0 Å². The minimum Gasteiger partial charge on any atom is -0.375 e. The molecule has 0 atom stereocenters. The van der Waals surface area contributed by atoms with E-state index in [-0.39, 0.29) is 5.54 Å². The Bertz CT molecular complexity index is 639. The van der Waals surface area contributed by atoms with E-state index in [0.29, 0.717) is 0 Å². The Morgan fingerprint density at radius 1 is 1.15 bits per heavy atom. The number of benzene rings is 2. The van der Waals surface area contributed by atoms with Gasteiger partial charge in [-0.3, -0.25) is 0 Å². The van der Waals surface area contributed by atoms with Crippen LogP contribution in [-0.4, -0.2) is 7.05 Å². The quantitative estimate of drug-likeness (QED) is 0.858. The fourth-order valence-electron chi connectivity index (χ4n) is 2.78. The van der Waals surface area contributed by atoms with E-state index >= 15 is 0 Å². The number of rotatable bonds is 5. The van der Waals surface area contributed by atoms with Crippen LogP contribution in [0.4, 0.5) is 0 Å². The van der Waals surface area contributed by atoms with Gasteiger partial charge in [0, 0.05) is 7.05 Å². The molecule has 0 bridgehead atoms. The molecule has 0 unspecified atom stereocenters. The first-order chi connectivity index (χ1) is 9.77. The van der Waals surface area contributed by atoms with Gasteiger partial charge in [-0.15, -0.1) is 0 Å². The first-order valence-corrected chi connectivity index (χ1v) is 7.43. The Morgan fingerprint density at radius 2 is 1.90 bits per heavy atom. The Kier molecular flexibility index (Phi) is 3.39. The van der Waals surface area contributed by atoms with Crippen molar-refractivity contribution < 1.29 is 0 Å². The zero-order valence-electron chi connectivity index (χ0n) is 12.2. The third-order valence-electron chi connectivity index (χ3n) is 4.10. The molecule has 0 spiro atoms. The molecule has 2 N–H and O–H groups in total. The summed E-state index contributed by atoms with van der Waals surface area (Å²) in [6.45, 7) is 2.16. The number of hydrogen-bond acceptors (Lipinski definition) is 2. The highest BCUT2D eigenvalue weighted by Gasteiger charge is 2.44. The van der Waals surface area contributed by atoms with E-state index in [1.54, 1.807) is 0 Å². The summed E-state index contributed by atoms with van der Waals surface area (Å²) in [5.41, 5.74) is 1.53. The number of allylic oxidation sites excluding steroid dienone is 1. The molecule has 20 heavy (non-hydrogen) atoms. The predicted octanol–water partition coefficient (Wildman–Crippen LogP) is 3.89. The van der Waals surface area contributed by atoms with Gasteiger partial charge in [0.1, 0.15) is 0 Å². The van der Waals surface area contributed by atoms with Crippen LogP contribution < -0.4 is 10.6 Å². The van der Waals surface area contributed by atoms with Crippen molar-refractivity contribution in [2.45, 2.75) is 31.7 Å². The molecular weight excluding hydrogens is 244 g/mol. The van der Waals surface area contributed by atoms with Gasteiger partial charge in [-0.05, 0) is 47.7 Å².